The van der Waals surface area contributed by atoms with Crippen LogP contribution in [0.1, 0.15) is 11.1 Å². The predicted octanol–water partition coefficient (Wildman–Crippen LogP) is 2.39. The first-order valence-corrected chi connectivity index (χ1v) is 6.09. The van der Waals surface area contributed by atoms with Crippen molar-refractivity contribution in [2.24, 2.45) is 0 Å². The lowest BCUT2D eigenvalue weighted by atomic mass is 10.1. The van der Waals surface area contributed by atoms with Crippen molar-refractivity contribution >= 4 is 40.4 Å². The highest BCUT2D eigenvalue weighted by atomic mass is 79.9. The Morgan fingerprint density at radius 1 is 1.45 bits per heavy atom. The maximum atomic E-state index is 10.4. The number of nitrogens with zero attached hydrogens (tertiary/aromatic N) is 2. The predicted molar refractivity (Wildman–Crippen MR) is 83.0 cm³/mol. The van der Waals surface area contributed by atoms with E-state index < -0.39 is 5.97 Å². The molecule has 0 fully saturated rings. The standard InChI is InChI=1S/C13H11BrN2O2.ClH.H2O/c14-12-7-10(2-4-13(17)18)1-3-11(12)8-16-6-5-15-9-16;;/h1-7,9H,8H2,(H,17,18);1H;1H2/b4-2+;;. The molecule has 1 heterocycles. The summed E-state index contributed by atoms with van der Waals surface area (Å²) in [6, 6.07) is 5.74. The second kappa shape index (κ2) is 8.52. The number of carboxylic acid groups (broad SMARTS) is 1. The molecule has 7 heteroatoms. The molecule has 1 aromatic carbocycles. The van der Waals surface area contributed by atoms with Crippen LogP contribution >= 0.6 is 28.3 Å². The fraction of sp³-hybridized carbons (Fsp3) is 0.0769. The van der Waals surface area contributed by atoms with Crippen molar-refractivity contribution in [2.45, 2.75) is 6.54 Å². The molecule has 0 saturated carbocycles. The van der Waals surface area contributed by atoms with E-state index in [1.165, 1.54) is 0 Å². The zero-order valence-electron chi connectivity index (χ0n) is 10.4. The minimum absolute atomic E-state index is 0. The largest absolute Gasteiger partial charge is 0.478 e. The third-order valence-electron chi connectivity index (χ3n) is 2.41. The van der Waals surface area contributed by atoms with Crippen molar-refractivity contribution in [1.82, 2.24) is 9.55 Å². The van der Waals surface area contributed by atoms with Crippen LogP contribution in [0.25, 0.3) is 6.08 Å². The van der Waals surface area contributed by atoms with Gasteiger partial charge in [-0.05, 0) is 23.3 Å². The summed E-state index contributed by atoms with van der Waals surface area (Å²) in [5, 5.41) is 8.56. The molecule has 0 atom stereocenters. The van der Waals surface area contributed by atoms with Crippen LogP contribution in [-0.2, 0) is 11.3 Å². The molecule has 0 aliphatic rings. The fourth-order valence-electron chi connectivity index (χ4n) is 1.54. The Bertz CT molecular complexity index is 585. The van der Waals surface area contributed by atoms with E-state index in [1.54, 1.807) is 18.6 Å². The molecule has 0 aliphatic carbocycles. The topological polar surface area (TPSA) is 86.6 Å². The second-order valence-electron chi connectivity index (χ2n) is 3.76. The molecular formula is C13H14BrClN2O3. The summed E-state index contributed by atoms with van der Waals surface area (Å²) in [5.41, 5.74) is 1.96. The zero-order valence-corrected chi connectivity index (χ0v) is 12.8. The average molecular weight is 362 g/mol. The van der Waals surface area contributed by atoms with E-state index in [9.17, 15) is 4.79 Å². The monoisotopic (exact) mass is 360 g/mol. The molecule has 0 amide bonds. The van der Waals surface area contributed by atoms with Crippen molar-refractivity contribution in [3.8, 4) is 0 Å². The van der Waals surface area contributed by atoms with Gasteiger partial charge in [0.15, 0.2) is 0 Å². The van der Waals surface area contributed by atoms with Gasteiger partial charge in [0.05, 0.1) is 6.33 Å². The van der Waals surface area contributed by atoms with Crippen molar-refractivity contribution in [2.75, 3.05) is 0 Å². The normalized spacial score (nSPS) is 9.85. The average Bonchev–Trinajstić information content (AvgIpc) is 2.82. The molecule has 2 rings (SSSR count). The van der Waals surface area contributed by atoms with Gasteiger partial charge in [-0.3, -0.25) is 0 Å². The Balaban J connectivity index is 0.00000180. The molecule has 108 valence electrons. The summed E-state index contributed by atoms with van der Waals surface area (Å²) < 4.78 is 2.91. The molecular weight excluding hydrogens is 348 g/mol. The Kier molecular flexibility index (Phi) is 7.83. The Hall–Kier alpha value is -1.63. The lowest BCUT2D eigenvalue weighted by Gasteiger charge is -2.06. The molecule has 2 aromatic rings. The second-order valence-corrected chi connectivity index (χ2v) is 4.61. The van der Waals surface area contributed by atoms with E-state index in [4.69, 9.17) is 5.11 Å². The number of imidazole rings is 1. The maximum absolute atomic E-state index is 10.4. The number of halogens is 2. The van der Waals surface area contributed by atoms with Crippen LogP contribution in [-0.4, -0.2) is 26.1 Å². The molecule has 0 bridgehead atoms. The molecule has 0 radical (unpaired) electrons. The number of hydrogen-bond acceptors (Lipinski definition) is 2. The van der Waals surface area contributed by atoms with E-state index in [0.717, 1.165) is 28.2 Å². The van der Waals surface area contributed by atoms with E-state index >= 15 is 0 Å². The van der Waals surface area contributed by atoms with Crippen LogP contribution in [0.15, 0.2) is 47.5 Å². The van der Waals surface area contributed by atoms with Crippen LogP contribution < -0.4 is 0 Å². The lowest BCUT2D eigenvalue weighted by Crippen LogP contribution is -1.97. The summed E-state index contributed by atoms with van der Waals surface area (Å²) in [6.07, 6.45) is 8.07. The molecule has 20 heavy (non-hydrogen) atoms. The summed E-state index contributed by atoms with van der Waals surface area (Å²) in [6.45, 7) is 0.726. The highest BCUT2D eigenvalue weighted by Crippen LogP contribution is 2.20. The Morgan fingerprint density at radius 3 is 2.75 bits per heavy atom. The molecule has 3 N–H and O–H groups in total. The van der Waals surface area contributed by atoms with Crippen LogP contribution in [0.2, 0.25) is 0 Å². The molecule has 0 spiro atoms. The minimum Gasteiger partial charge on any atom is -0.478 e. The van der Waals surface area contributed by atoms with Gasteiger partial charge in [0.25, 0.3) is 0 Å². The molecule has 1 aromatic heterocycles. The van der Waals surface area contributed by atoms with Gasteiger partial charge in [-0.15, -0.1) is 12.4 Å². The van der Waals surface area contributed by atoms with Crippen LogP contribution in [0.4, 0.5) is 0 Å². The van der Waals surface area contributed by atoms with E-state index in [2.05, 4.69) is 20.9 Å². The van der Waals surface area contributed by atoms with Gasteiger partial charge < -0.3 is 15.1 Å². The maximum Gasteiger partial charge on any atom is 0.328 e. The van der Waals surface area contributed by atoms with Gasteiger partial charge >= 0.3 is 5.97 Å². The number of benzene rings is 1. The SMILES string of the molecule is Cl.O.O=C(O)/C=C/c1ccc(Cn2ccnc2)c(Br)c1. The van der Waals surface area contributed by atoms with Gasteiger partial charge in [0.1, 0.15) is 0 Å². The number of hydrogen-bond donors (Lipinski definition) is 1. The first-order chi connectivity index (χ1) is 8.65. The summed E-state index contributed by atoms with van der Waals surface area (Å²) in [7, 11) is 0. The Labute approximate surface area is 130 Å². The molecule has 0 aliphatic heterocycles. The molecule has 0 saturated heterocycles. The minimum atomic E-state index is -0.950. The van der Waals surface area contributed by atoms with Gasteiger partial charge in [-0.2, -0.15) is 0 Å². The number of aliphatic carboxylic acids is 1. The van der Waals surface area contributed by atoms with Crippen molar-refractivity contribution in [3.05, 3.63) is 58.6 Å². The number of carboxylic acids is 1. The quantitative estimate of drug-likeness (QED) is 0.848. The zero-order chi connectivity index (χ0) is 13.0. The first-order valence-electron chi connectivity index (χ1n) is 5.30. The van der Waals surface area contributed by atoms with Crippen molar-refractivity contribution < 1.29 is 15.4 Å². The third kappa shape index (κ3) is 5.16. The van der Waals surface area contributed by atoms with Gasteiger partial charge in [0, 0.05) is 29.5 Å². The summed E-state index contributed by atoms with van der Waals surface area (Å²) in [4.78, 5) is 14.4. The van der Waals surface area contributed by atoms with Gasteiger partial charge in [-0.1, -0.05) is 28.1 Å². The van der Waals surface area contributed by atoms with Crippen LogP contribution in [0.3, 0.4) is 0 Å². The van der Waals surface area contributed by atoms with E-state index in [0.29, 0.717) is 0 Å². The van der Waals surface area contributed by atoms with Crippen molar-refractivity contribution in [1.29, 1.82) is 0 Å². The van der Waals surface area contributed by atoms with Gasteiger partial charge in [0.2, 0.25) is 0 Å². The van der Waals surface area contributed by atoms with Crippen LogP contribution in [0.5, 0.6) is 0 Å². The molecule has 5 nitrogen and oxygen atoms in total. The van der Waals surface area contributed by atoms with Crippen molar-refractivity contribution in [3.63, 3.8) is 0 Å². The van der Waals surface area contributed by atoms with Gasteiger partial charge in [-0.25, -0.2) is 9.78 Å². The number of rotatable bonds is 4. The fourth-order valence-corrected chi connectivity index (χ4v) is 2.06. The first kappa shape index (κ1) is 18.4. The van der Waals surface area contributed by atoms with E-state index in [1.807, 2.05) is 29.0 Å². The summed E-state index contributed by atoms with van der Waals surface area (Å²) in [5.74, 6) is -0.950. The number of aromatic nitrogens is 2. The number of carbonyl (C=O) groups is 1. The Morgan fingerprint density at radius 2 is 2.20 bits per heavy atom. The van der Waals surface area contributed by atoms with Crippen LogP contribution in [0, 0.1) is 0 Å². The highest BCUT2D eigenvalue weighted by molar-refractivity contribution is 9.10. The third-order valence-corrected chi connectivity index (χ3v) is 3.15. The summed E-state index contributed by atoms with van der Waals surface area (Å²) >= 11 is 3.48. The van der Waals surface area contributed by atoms with E-state index in [-0.39, 0.29) is 17.9 Å². The smallest absolute Gasteiger partial charge is 0.328 e. The highest BCUT2D eigenvalue weighted by Gasteiger charge is 2.01. The molecule has 0 unspecified atom stereocenters. The lowest BCUT2D eigenvalue weighted by molar-refractivity contribution is -0.131.